The summed E-state index contributed by atoms with van der Waals surface area (Å²) in [4.78, 5) is 31.5. The minimum Gasteiger partial charge on any atom is -0.446 e. The van der Waals surface area contributed by atoms with Crippen LogP contribution in [0.5, 0.6) is 0 Å². The van der Waals surface area contributed by atoms with Gasteiger partial charge in [-0.15, -0.1) is 0 Å². The largest absolute Gasteiger partial charge is 0.446 e. The fraction of sp³-hybridized carbons (Fsp3) is 0.500. The highest BCUT2D eigenvalue weighted by atomic mass is 16.6. The Kier molecular flexibility index (Phi) is 1.53. The third kappa shape index (κ3) is 1.05. The molecule has 0 saturated carbocycles. The maximum atomic E-state index is 10.7. The SMILES string of the molecule is CC(=O)C1OC(=O)CC1=O. The zero-order valence-electron chi connectivity index (χ0n) is 5.42. The predicted molar refractivity (Wildman–Crippen MR) is 30.2 cm³/mol. The molecule has 0 aromatic heterocycles. The van der Waals surface area contributed by atoms with E-state index in [1.54, 1.807) is 0 Å². The van der Waals surface area contributed by atoms with Gasteiger partial charge in [0.1, 0.15) is 6.42 Å². The van der Waals surface area contributed by atoms with E-state index in [-0.39, 0.29) is 6.42 Å². The number of Topliss-reactive ketones (excluding diaryl/α,β-unsaturated/α-hetero) is 2. The Hall–Kier alpha value is -1.19. The number of carbonyl (C=O) groups excluding carboxylic acids is 3. The van der Waals surface area contributed by atoms with Crippen molar-refractivity contribution < 1.29 is 19.1 Å². The van der Waals surface area contributed by atoms with Crippen molar-refractivity contribution in [1.29, 1.82) is 0 Å². The molecular weight excluding hydrogens is 136 g/mol. The van der Waals surface area contributed by atoms with Crippen molar-refractivity contribution in [3.8, 4) is 0 Å². The van der Waals surface area contributed by atoms with Crippen LogP contribution in [0.3, 0.4) is 0 Å². The van der Waals surface area contributed by atoms with Crippen LogP contribution in [-0.2, 0) is 19.1 Å². The Balaban J connectivity index is 2.72. The molecule has 10 heavy (non-hydrogen) atoms. The molecular formula is C6H6O4. The second-order valence-corrected chi connectivity index (χ2v) is 2.12. The lowest BCUT2D eigenvalue weighted by molar-refractivity contribution is -0.148. The van der Waals surface area contributed by atoms with Crippen molar-refractivity contribution in [3.05, 3.63) is 0 Å². The van der Waals surface area contributed by atoms with E-state index in [0.717, 1.165) is 0 Å². The monoisotopic (exact) mass is 142 g/mol. The first kappa shape index (κ1) is 6.92. The summed E-state index contributed by atoms with van der Waals surface area (Å²) in [6.45, 7) is 1.22. The molecule has 0 aromatic carbocycles. The summed E-state index contributed by atoms with van der Waals surface area (Å²) in [7, 11) is 0. The van der Waals surface area contributed by atoms with Crippen LogP contribution in [0.15, 0.2) is 0 Å². The third-order valence-electron chi connectivity index (χ3n) is 1.23. The lowest BCUT2D eigenvalue weighted by Crippen LogP contribution is -2.23. The molecule has 54 valence electrons. The van der Waals surface area contributed by atoms with Gasteiger partial charge in [0.15, 0.2) is 11.6 Å². The average molecular weight is 142 g/mol. The smallest absolute Gasteiger partial charge is 0.314 e. The molecule has 0 bridgehead atoms. The third-order valence-corrected chi connectivity index (χ3v) is 1.23. The topological polar surface area (TPSA) is 60.4 Å². The van der Waals surface area contributed by atoms with Crippen molar-refractivity contribution in [3.63, 3.8) is 0 Å². The molecule has 0 spiro atoms. The summed E-state index contributed by atoms with van der Waals surface area (Å²) >= 11 is 0. The number of rotatable bonds is 1. The Labute approximate surface area is 57.2 Å². The Bertz CT molecular complexity index is 206. The lowest BCUT2D eigenvalue weighted by atomic mass is 10.1. The van der Waals surface area contributed by atoms with Gasteiger partial charge in [-0.1, -0.05) is 0 Å². The van der Waals surface area contributed by atoms with Crippen LogP contribution in [0.1, 0.15) is 13.3 Å². The van der Waals surface area contributed by atoms with Crippen molar-refractivity contribution in [1.82, 2.24) is 0 Å². The molecule has 1 aliphatic heterocycles. The molecule has 0 amide bonds. The van der Waals surface area contributed by atoms with Crippen molar-refractivity contribution in [2.45, 2.75) is 19.4 Å². The lowest BCUT2D eigenvalue weighted by Gasteiger charge is -1.99. The Morgan fingerprint density at radius 1 is 1.60 bits per heavy atom. The van der Waals surface area contributed by atoms with Gasteiger partial charge in [-0.2, -0.15) is 0 Å². The van der Waals surface area contributed by atoms with Gasteiger partial charge in [0.05, 0.1) is 0 Å². The molecule has 0 radical (unpaired) electrons. The van der Waals surface area contributed by atoms with E-state index in [4.69, 9.17) is 0 Å². The van der Waals surface area contributed by atoms with Crippen LogP contribution in [0.4, 0.5) is 0 Å². The molecule has 4 nitrogen and oxygen atoms in total. The predicted octanol–water partition coefficient (Wildman–Crippen LogP) is -0.540. The first-order valence-corrected chi connectivity index (χ1v) is 2.84. The van der Waals surface area contributed by atoms with Crippen LogP contribution in [0, 0.1) is 0 Å². The highest BCUT2D eigenvalue weighted by molar-refractivity contribution is 6.14. The zero-order chi connectivity index (χ0) is 7.72. The molecule has 0 aliphatic carbocycles. The first-order chi connectivity index (χ1) is 4.61. The molecule has 1 aliphatic rings. The Morgan fingerprint density at radius 3 is 2.40 bits per heavy atom. The number of hydrogen-bond acceptors (Lipinski definition) is 4. The molecule has 1 atom stereocenters. The molecule has 4 heteroatoms. The quantitative estimate of drug-likeness (QED) is 0.364. The van der Waals surface area contributed by atoms with Crippen molar-refractivity contribution in [2.24, 2.45) is 0 Å². The van der Waals surface area contributed by atoms with Gasteiger partial charge in [0.25, 0.3) is 0 Å². The van der Waals surface area contributed by atoms with E-state index in [0.29, 0.717) is 0 Å². The van der Waals surface area contributed by atoms with Crippen LogP contribution in [-0.4, -0.2) is 23.6 Å². The van der Waals surface area contributed by atoms with Gasteiger partial charge < -0.3 is 4.74 Å². The molecule has 0 aromatic rings. The number of cyclic esters (lactones) is 1. The standard InChI is InChI=1S/C6H6O4/c1-3(7)6-4(8)2-5(9)10-6/h6H,2H2,1H3. The number of hydrogen-bond donors (Lipinski definition) is 0. The summed E-state index contributed by atoms with van der Waals surface area (Å²) in [5, 5.41) is 0. The maximum Gasteiger partial charge on any atom is 0.314 e. The second kappa shape index (κ2) is 2.21. The number of ketones is 2. The van der Waals surface area contributed by atoms with Gasteiger partial charge in [-0.05, 0) is 6.92 Å². The molecule has 1 fully saturated rings. The minimum absolute atomic E-state index is 0.260. The Morgan fingerprint density at radius 2 is 2.20 bits per heavy atom. The normalized spacial score (nSPS) is 24.7. The van der Waals surface area contributed by atoms with Gasteiger partial charge in [-0.3, -0.25) is 14.4 Å². The van der Waals surface area contributed by atoms with Crippen molar-refractivity contribution >= 4 is 17.5 Å². The fourth-order valence-corrected chi connectivity index (χ4v) is 0.783. The van der Waals surface area contributed by atoms with Gasteiger partial charge in [0.2, 0.25) is 6.10 Å². The molecule has 1 heterocycles. The van der Waals surface area contributed by atoms with Crippen LogP contribution in [0.25, 0.3) is 0 Å². The van der Waals surface area contributed by atoms with Crippen LogP contribution >= 0.6 is 0 Å². The molecule has 1 unspecified atom stereocenters. The second-order valence-electron chi connectivity index (χ2n) is 2.12. The highest BCUT2D eigenvalue weighted by Gasteiger charge is 2.35. The minimum atomic E-state index is -1.12. The first-order valence-electron chi connectivity index (χ1n) is 2.84. The zero-order valence-corrected chi connectivity index (χ0v) is 5.42. The summed E-state index contributed by atoms with van der Waals surface area (Å²) in [6.07, 6.45) is -1.38. The number of ether oxygens (including phenoxy) is 1. The van der Waals surface area contributed by atoms with Gasteiger partial charge in [-0.25, -0.2) is 0 Å². The van der Waals surface area contributed by atoms with E-state index < -0.39 is 23.6 Å². The highest BCUT2D eigenvalue weighted by Crippen LogP contribution is 2.09. The fourth-order valence-electron chi connectivity index (χ4n) is 0.783. The number of esters is 1. The molecule has 1 saturated heterocycles. The summed E-state index contributed by atoms with van der Waals surface area (Å²) in [5.74, 6) is -1.45. The van der Waals surface area contributed by atoms with E-state index >= 15 is 0 Å². The van der Waals surface area contributed by atoms with E-state index in [9.17, 15) is 14.4 Å². The van der Waals surface area contributed by atoms with E-state index in [1.165, 1.54) is 6.92 Å². The van der Waals surface area contributed by atoms with Crippen LogP contribution < -0.4 is 0 Å². The summed E-state index contributed by atoms with van der Waals surface area (Å²) in [5.41, 5.74) is 0. The summed E-state index contributed by atoms with van der Waals surface area (Å²) in [6, 6.07) is 0. The average Bonchev–Trinajstić information content (AvgIpc) is 2.10. The maximum absolute atomic E-state index is 10.7. The van der Waals surface area contributed by atoms with Crippen molar-refractivity contribution in [2.75, 3.05) is 0 Å². The van der Waals surface area contributed by atoms with Gasteiger partial charge in [0, 0.05) is 0 Å². The molecule has 0 N–H and O–H groups in total. The summed E-state index contributed by atoms with van der Waals surface area (Å²) < 4.78 is 4.40. The number of carbonyl (C=O) groups is 3. The van der Waals surface area contributed by atoms with E-state index in [2.05, 4.69) is 4.74 Å². The molecule has 1 rings (SSSR count). The van der Waals surface area contributed by atoms with E-state index in [1.807, 2.05) is 0 Å². The van der Waals surface area contributed by atoms with Gasteiger partial charge >= 0.3 is 5.97 Å². The van der Waals surface area contributed by atoms with Crippen LogP contribution in [0.2, 0.25) is 0 Å².